The second kappa shape index (κ2) is 7.71. The maximum Gasteiger partial charge on any atom is 0.0351 e. The Morgan fingerprint density at radius 2 is 1.43 bits per heavy atom. The standard InChI is InChI=1S/C29H31N/c1-2-7-21(8-3-1)22-17-19-30(20-18-22)29-12-6-11-25-27-14-13-23-9-4-5-10-24(23)26(27)15-16-28(25)29/h1-5,7-10,15-16,22,29H,6,11-14,17-20H2. The molecule has 3 aromatic carbocycles. The molecule has 0 bridgehead atoms. The van der Waals surface area contributed by atoms with Crippen molar-refractivity contribution >= 4 is 0 Å². The first-order chi connectivity index (χ1) is 14.9. The molecule has 30 heavy (non-hydrogen) atoms. The average Bonchev–Trinajstić information content (AvgIpc) is 2.84. The minimum absolute atomic E-state index is 0.632. The molecular weight excluding hydrogens is 362 g/mol. The molecule has 0 amide bonds. The molecule has 0 aromatic heterocycles. The first-order valence-corrected chi connectivity index (χ1v) is 11.9. The van der Waals surface area contributed by atoms with Gasteiger partial charge in [0.05, 0.1) is 0 Å². The van der Waals surface area contributed by atoms with Crippen molar-refractivity contribution in [2.24, 2.45) is 0 Å². The molecule has 152 valence electrons. The number of aryl methyl sites for hydroxylation is 1. The van der Waals surface area contributed by atoms with Crippen LogP contribution >= 0.6 is 0 Å². The van der Waals surface area contributed by atoms with Gasteiger partial charge in [0, 0.05) is 6.04 Å². The van der Waals surface area contributed by atoms with E-state index in [0.29, 0.717) is 6.04 Å². The van der Waals surface area contributed by atoms with Gasteiger partial charge in [0.1, 0.15) is 0 Å². The van der Waals surface area contributed by atoms with E-state index in [4.69, 9.17) is 0 Å². The molecule has 0 N–H and O–H groups in total. The lowest BCUT2D eigenvalue weighted by Crippen LogP contribution is -2.38. The van der Waals surface area contributed by atoms with Gasteiger partial charge < -0.3 is 0 Å². The van der Waals surface area contributed by atoms with Gasteiger partial charge in [-0.05, 0) is 103 Å². The highest BCUT2D eigenvalue weighted by molar-refractivity contribution is 5.75. The number of hydrogen-bond donors (Lipinski definition) is 0. The van der Waals surface area contributed by atoms with Crippen molar-refractivity contribution in [2.75, 3.05) is 13.1 Å². The Balaban J connectivity index is 1.27. The van der Waals surface area contributed by atoms with Gasteiger partial charge in [0.15, 0.2) is 0 Å². The molecule has 3 aliphatic rings. The number of fused-ring (bicyclic) bond motifs is 5. The van der Waals surface area contributed by atoms with Gasteiger partial charge in [-0.1, -0.05) is 66.7 Å². The van der Waals surface area contributed by atoms with Crippen LogP contribution in [0.4, 0.5) is 0 Å². The third-order valence-corrected chi connectivity index (χ3v) is 7.92. The van der Waals surface area contributed by atoms with Crippen LogP contribution in [0.1, 0.15) is 65.5 Å². The zero-order valence-electron chi connectivity index (χ0n) is 17.8. The van der Waals surface area contributed by atoms with Gasteiger partial charge in [-0.15, -0.1) is 0 Å². The van der Waals surface area contributed by atoms with Crippen LogP contribution in [0.25, 0.3) is 11.1 Å². The van der Waals surface area contributed by atoms with E-state index in [2.05, 4.69) is 71.6 Å². The summed E-state index contributed by atoms with van der Waals surface area (Å²) in [5, 5.41) is 0. The lowest BCUT2D eigenvalue weighted by atomic mass is 9.76. The highest BCUT2D eigenvalue weighted by Gasteiger charge is 2.32. The Morgan fingerprint density at radius 1 is 0.633 bits per heavy atom. The van der Waals surface area contributed by atoms with E-state index in [1.54, 1.807) is 16.7 Å². The summed E-state index contributed by atoms with van der Waals surface area (Å²) in [6.45, 7) is 2.48. The molecule has 1 nitrogen and oxygen atoms in total. The molecule has 0 spiro atoms. The first-order valence-electron chi connectivity index (χ1n) is 11.9. The summed E-state index contributed by atoms with van der Waals surface area (Å²) in [7, 11) is 0. The molecule has 2 aliphatic carbocycles. The topological polar surface area (TPSA) is 3.24 Å². The van der Waals surface area contributed by atoms with Gasteiger partial charge >= 0.3 is 0 Å². The van der Waals surface area contributed by atoms with Crippen molar-refractivity contribution in [1.29, 1.82) is 0 Å². The molecule has 3 aromatic rings. The van der Waals surface area contributed by atoms with E-state index in [9.17, 15) is 0 Å². The normalized spacial score (nSPS) is 21.5. The van der Waals surface area contributed by atoms with Crippen molar-refractivity contribution in [1.82, 2.24) is 4.90 Å². The minimum Gasteiger partial charge on any atom is -0.296 e. The Hall–Kier alpha value is -2.38. The number of piperidine rings is 1. The Bertz CT molecular complexity index is 1040. The van der Waals surface area contributed by atoms with Crippen LogP contribution < -0.4 is 0 Å². The Labute approximate surface area is 180 Å². The Morgan fingerprint density at radius 3 is 2.30 bits per heavy atom. The van der Waals surface area contributed by atoms with Gasteiger partial charge in [0.2, 0.25) is 0 Å². The van der Waals surface area contributed by atoms with Gasteiger partial charge in [-0.25, -0.2) is 0 Å². The van der Waals surface area contributed by atoms with Crippen molar-refractivity contribution in [3.05, 3.63) is 94.5 Å². The molecule has 0 radical (unpaired) electrons. The summed E-state index contributed by atoms with van der Waals surface area (Å²) in [6.07, 6.45) is 8.97. The third kappa shape index (κ3) is 3.11. The molecule has 1 heterocycles. The molecule has 1 atom stereocenters. The zero-order valence-corrected chi connectivity index (χ0v) is 17.8. The van der Waals surface area contributed by atoms with Crippen molar-refractivity contribution in [3.8, 4) is 11.1 Å². The second-order valence-electron chi connectivity index (χ2n) is 9.45. The predicted octanol–water partition coefficient (Wildman–Crippen LogP) is 6.71. The number of rotatable bonds is 2. The smallest absolute Gasteiger partial charge is 0.0351 e. The van der Waals surface area contributed by atoms with Crippen molar-refractivity contribution < 1.29 is 0 Å². The monoisotopic (exact) mass is 393 g/mol. The molecule has 1 unspecified atom stereocenters. The maximum atomic E-state index is 2.81. The summed E-state index contributed by atoms with van der Waals surface area (Å²) < 4.78 is 0. The molecule has 1 saturated heterocycles. The van der Waals surface area contributed by atoms with Crippen LogP contribution in [0.15, 0.2) is 66.7 Å². The summed E-state index contributed by atoms with van der Waals surface area (Å²) in [5.41, 5.74) is 11.1. The van der Waals surface area contributed by atoms with Crippen LogP contribution in [0.3, 0.4) is 0 Å². The van der Waals surface area contributed by atoms with E-state index in [0.717, 1.165) is 5.92 Å². The summed E-state index contributed by atoms with van der Waals surface area (Å²) in [5.74, 6) is 0.741. The quantitative estimate of drug-likeness (QED) is 0.468. The van der Waals surface area contributed by atoms with E-state index >= 15 is 0 Å². The first kappa shape index (κ1) is 18.4. The van der Waals surface area contributed by atoms with Crippen molar-refractivity contribution in [2.45, 2.75) is 56.9 Å². The molecule has 1 heteroatoms. The van der Waals surface area contributed by atoms with E-state index in [-0.39, 0.29) is 0 Å². The average molecular weight is 394 g/mol. The van der Waals surface area contributed by atoms with Crippen molar-refractivity contribution in [3.63, 3.8) is 0 Å². The highest BCUT2D eigenvalue weighted by Crippen LogP contribution is 2.44. The summed E-state index contributed by atoms with van der Waals surface area (Å²) in [4.78, 5) is 2.81. The fraction of sp³-hybridized carbons (Fsp3) is 0.379. The van der Waals surface area contributed by atoms with Gasteiger partial charge in [0.25, 0.3) is 0 Å². The van der Waals surface area contributed by atoms with E-state index < -0.39 is 0 Å². The fourth-order valence-electron chi connectivity index (χ4n) is 6.39. The second-order valence-corrected chi connectivity index (χ2v) is 9.45. The highest BCUT2D eigenvalue weighted by atomic mass is 15.2. The number of likely N-dealkylation sites (tertiary alicyclic amines) is 1. The van der Waals surface area contributed by atoms with Gasteiger partial charge in [-0.3, -0.25) is 4.90 Å². The fourth-order valence-corrected chi connectivity index (χ4v) is 6.39. The maximum absolute atomic E-state index is 2.81. The van der Waals surface area contributed by atoms with Crippen LogP contribution in [-0.2, 0) is 19.3 Å². The lowest BCUT2D eigenvalue weighted by molar-refractivity contribution is 0.138. The minimum atomic E-state index is 0.632. The summed E-state index contributed by atoms with van der Waals surface area (Å²) >= 11 is 0. The molecular formula is C29H31N. The van der Waals surface area contributed by atoms with Crippen LogP contribution in [0.5, 0.6) is 0 Å². The molecule has 6 rings (SSSR count). The SMILES string of the molecule is c1ccc(C2CCN(C3CCCc4c3ccc3c4CCc4ccccc4-3)CC2)cc1. The molecule has 1 aliphatic heterocycles. The van der Waals surface area contributed by atoms with E-state index in [1.807, 2.05) is 0 Å². The number of hydrogen-bond acceptors (Lipinski definition) is 1. The van der Waals surface area contributed by atoms with Gasteiger partial charge in [-0.2, -0.15) is 0 Å². The molecule has 1 fully saturated rings. The van der Waals surface area contributed by atoms with Crippen LogP contribution in [0, 0.1) is 0 Å². The lowest BCUT2D eigenvalue weighted by Gasteiger charge is -2.41. The summed E-state index contributed by atoms with van der Waals surface area (Å²) in [6, 6.07) is 25.8. The predicted molar refractivity (Wildman–Crippen MR) is 125 cm³/mol. The molecule has 0 saturated carbocycles. The Kier molecular flexibility index (Phi) is 4.72. The largest absolute Gasteiger partial charge is 0.296 e. The van der Waals surface area contributed by atoms with E-state index in [1.165, 1.54) is 80.3 Å². The zero-order chi connectivity index (χ0) is 19.9. The third-order valence-electron chi connectivity index (χ3n) is 7.92. The van der Waals surface area contributed by atoms with Crippen LogP contribution in [-0.4, -0.2) is 18.0 Å². The number of nitrogens with zero attached hydrogens (tertiary/aromatic N) is 1. The number of benzene rings is 3. The van der Waals surface area contributed by atoms with Crippen LogP contribution in [0.2, 0.25) is 0 Å².